The zero-order chi connectivity index (χ0) is 19.6. The van der Waals surface area contributed by atoms with Crippen molar-refractivity contribution in [2.75, 3.05) is 42.3 Å². The first-order chi connectivity index (χ1) is 14.2. The summed E-state index contributed by atoms with van der Waals surface area (Å²) in [4.78, 5) is 23.7. The molecule has 0 saturated carbocycles. The summed E-state index contributed by atoms with van der Waals surface area (Å²) in [6.07, 6.45) is 0. The van der Waals surface area contributed by atoms with Crippen molar-refractivity contribution < 1.29 is 13.9 Å². The molecule has 148 valence electrons. The van der Waals surface area contributed by atoms with Crippen LogP contribution < -0.4 is 10.2 Å². The number of ether oxygens (including phenoxy) is 1. The van der Waals surface area contributed by atoms with Crippen LogP contribution in [0, 0.1) is 0 Å². The third kappa shape index (κ3) is 4.07. The minimum absolute atomic E-state index is 0.102. The summed E-state index contributed by atoms with van der Waals surface area (Å²) in [5, 5.41) is 4.44. The van der Waals surface area contributed by atoms with E-state index in [4.69, 9.17) is 14.1 Å². The van der Waals surface area contributed by atoms with Crippen LogP contribution in [0.5, 0.6) is 0 Å². The van der Waals surface area contributed by atoms with E-state index in [1.807, 2.05) is 42.5 Å². The topological polar surface area (TPSA) is 80.5 Å². The highest BCUT2D eigenvalue weighted by atomic mass is 32.2. The molecule has 7 nitrogen and oxygen atoms in total. The normalized spacial score (nSPS) is 14.6. The number of thioether (sulfide) groups is 1. The van der Waals surface area contributed by atoms with Crippen molar-refractivity contribution in [3.63, 3.8) is 0 Å². The molecular weight excluding hydrogens is 408 g/mol. The molecule has 0 bridgehead atoms. The van der Waals surface area contributed by atoms with Crippen LogP contribution >= 0.6 is 23.1 Å². The summed E-state index contributed by atoms with van der Waals surface area (Å²) in [6, 6.07) is 13.4. The summed E-state index contributed by atoms with van der Waals surface area (Å²) < 4.78 is 12.1. The molecule has 1 amide bonds. The van der Waals surface area contributed by atoms with Gasteiger partial charge in [-0.25, -0.2) is 9.97 Å². The number of morpholine rings is 1. The number of anilines is 2. The molecule has 0 unspecified atom stereocenters. The number of amides is 1. The zero-order valence-electron chi connectivity index (χ0n) is 15.5. The maximum Gasteiger partial charge on any atom is 0.257 e. The fourth-order valence-electron chi connectivity index (χ4n) is 3.12. The highest BCUT2D eigenvalue weighted by Gasteiger charge is 2.16. The smallest absolute Gasteiger partial charge is 0.257 e. The third-order valence-corrected chi connectivity index (χ3v) is 6.45. The van der Waals surface area contributed by atoms with Crippen molar-refractivity contribution in [1.29, 1.82) is 0 Å². The second-order valence-corrected chi connectivity index (χ2v) is 8.50. The van der Waals surface area contributed by atoms with Gasteiger partial charge in [-0.1, -0.05) is 35.2 Å². The van der Waals surface area contributed by atoms with Gasteiger partial charge in [-0.2, -0.15) is 0 Å². The molecule has 4 aromatic rings. The second kappa shape index (κ2) is 8.02. The number of nitrogens with zero attached hydrogens (tertiary/aromatic N) is 3. The Morgan fingerprint density at radius 3 is 2.86 bits per heavy atom. The lowest BCUT2D eigenvalue weighted by atomic mass is 10.3. The van der Waals surface area contributed by atoms with Crippen LogP contribution in [0.3, 0.4) is 0 Å². The highest BCUT2D eigenvalue weighted by Crippen LogP contribution is 2.31. The molecule has 0 atom stereocenters. The van der Waals surface area contributed by atoms with E-state index in [0.29, 0.717) is 5.22 Å². The van der Waals surface area contributed by atoms with Gasteiger partial charge in [0.15, 0.2) is 10.7 Å². The fourth-order valence-corrected chi connectivity index (χ4v) is 4.81. The Morgan fingerprint density at radius 1 is 1.14 bits per heavy atom. The lowest BCUT2D eigenvalue weighted by Gasteiger charge is -2.25. The number of fused-ring (bicyclic) bond motifs is 2. The van der Waals surface area contributed by atoms with E-state index in [0.717, 1.165) is 58.4 Å². The van der Waals surface area contributed by atoms with Gasteiger partial charge in [0.05, 0.1) is 29.2 Å². The van der Waals surface area contributed by atoms with Gasteiger partial charge in [0, 0.05) is 18.8 Å². The Labute approximate surface area is 175 Å². The van der Waals surface area contributed by atoms with Gasteiger partial charge in [0.2, 0.25) is 5.91 Å². The molecular formula is C20H18N4O3S2. The Balaban J connectivity index is 1.23. The maximum absolute atomic E-state index is 12.4. The molecule has 1 fully saturated rings. The molecule has 2 aromatic heterocycles. The van der Waals surface area contributed by atoms with Gasteiger partial charge in [0.1, 0.15) is 5.52 Å². The molecule has 9 heteroatoms. The molecule has 0 radical (unpaired) electrons. The molecule has 1 aliphatic rings. The van der Waals surface area contributed by atoms with Gasteiger partial charge in [0.25, 0.3) is 5.22 Å². The first-order valence-corrected chi connectivity index (χ1v) is 11.1. The predicted octanol–water partition coefficient (Wildman–Crippen LogP) is 4.00. The SMILES string of the molecule is O=C(CSc1nc2ccccc2o1)Nc1ccc2nc(N3CCOCC3)sc2c1. The fraction of sp³-hybridized carbons (Fsp3) is 0.250. The van der Waals surface area contributed by atoms with E-state index in [1.165, 1.54) is 11.8 Å². The van der Waals surface area contributed by atoms with Crippen LogP contribution in [0.2, 0.25) is 0 Å². The number of aromatic nitrogens is 2. The van der Waals surface area contributed by atoms with Crippen LogP contribution in [-0.4, -0.2) is 47.9 Å². The molecule has 3 heterocycles. The molecule has 0 spiro atoms. The first kappa shape index (κ1) is 18.4. The number of carbonyl (C=O) groups is 1. The molecule has 2 aromatic carbocycles. The Bertz CT molecular complexity index is 1130. The van der Waals surface area contributed by atoms with E-state index >= 15 is 0 Å². The number of oxazole rings is 1. The van der Waals surface area contributed by atoms with Crippen molar-refractivity contribution in [1.82, 2.24) is 9.97 Å². The highest BCUT2D eigenvalue weighted by molar-refractivity contribution is 7.99. The largest absolute Gasteiger partial charge is 0.431 e. The number of hydrogen-bond acceptors (Lipinski definition) is 8. The van der Waals surface area contributed by atoms with Gasteiger partial charge in [-0.05, 0) is 30.3 Å². The Morgan fingerprint density at radius 2 is 2.00 bits per heavy atom. The van der Waals surface area contributed by atoms with Gasteiger partial charge in [-0.3, -0.25) is 4.79 Å². The zero-order valence-corrected chi connectivity index (χ0v) is 17.1. The minimum atomic E-state index is -0.102. The summed E-state index contributed by atoms with van der Waals surface area (Å²) in [5.74, 6) is 0.126. The van der Waals surface area contributed by atoms with Crippen LogP contribution in [0.25, 0.3) is 21.3 Å². The van der Waals surface area contributed by atoms with Crippen molar-refractivity contribution >= 4 is 61.1 Å². The van der Waals surface area contributed by atoms with E-state index in [9.17, 15) is 4.79 Å². The number of para-hydroxylation sites is 2. The quantitative estimate of drug-likeness (QED) is 0.483. The van der Waals surface area contributed by atoms with Gasteiger partial charge < -0.3 is 19.4 Å². The van der Waals surface area contributed by atoms with Crippen molar-refractivity contribution in [2.45, 2.75) is 5.22 Å². The molecule has 5 rings (SSSR count). The molecule has 1 saturated heterocycles. The summed E-state index contributed by atoms with van der Waals surface area (Å²) in [5.41, 5.74) is 3.22. The van der Waals surface area contributed by atoms with Crippen LogP contribution in [0.1, 0.15) is 0 Å². The monoisotopic (exact) mass is 426 g/mol. The number of rotatable bonds is 5. The molecule has 1 aliphatic heterocycles. The number of benzene rings is 2. The summed E-state index contributed by atoms with van der Waals surface area (Å²) in [7, 11) is 0. The van der Waals surface area contributed by atoms with E-state index in [2.05, 4.69) is 15.2 Å². The van der Waals surface area contributed by atoms with Gasteiger partial charge in [-0.15, -0.1) is 0 Å². The molecule has 1 N–H and O–H groups in total. The maximum atomic E-state index is 12.4. The Kier molecular flexibility index (Phi) is 5.09. The van der Waals surface area contributed by atoms with E-state index < -0.39 is 0 Å². The number of thiazole rings is 1. The number of nitrogens with one attached hydrogen (secondary N) is 1. The van der Waals surface area contributed by atoms with Crippen molar-refractivity contribution in [3.8, 4) is 0 Å². The number of carbonyl (C=O) groups excluding carboxylic acids is 1. The molecule has 29 heavy (non-hydrogen) atoms. The average Bonchev–Trinajstić information content (AvgIpc) is 3.36. The van der Waals surface area contributed by atoms with E-state index in [-0.39, 0.29) is 11.7 Å². The average molecular weight is 427 g/mol. The van der Waals surface area contributed by atoms with Crippen molar-refractivity contribution in [3.05, 3.63) is 42.5 Å². The standard InChI is InChI=1S/C20H18N4O3S2/c25-18(12-28-20-23-14-3-1-2-4-16(14)27-20)21-13-5-6-15-17(11-13)29-19(22-15)24-7-9-26-10-8-24/h1-6,11H,7-10,12H2,(H,21,25). The van der Waals surface area contributed by atoms with Gasteiger partial charge >= 0.3 is 0 Å². The van der Waals surface area contributed by atoms with Crippen LogP contribution in [0.15, 0.2) is 52.1 Å². The lowest BCUT2D eigenvalue weighted by molar-refractivity contribution is -0.113. The minimum Gasteiger partial charge on any atom is -0.431 e. The Hall–Kier alpha value is -2.62. The third-order valence-electron chi connectivity index (χ3n) is 4.54. The predicted molar refractivity (Wildman–Crippen MR) is 116 cm³/mol. The number of hydrogen-bond donors (Lipinski definition) is 1. The molecule has 0 aliphatic carbocycles. The lowest BCUT2D eigenvalue weighted by Crippen LogP contribution is -2.36. The van der Waals surface area contributed by atoms with E-state index in [1.54, 1.807) is 11.3 Å². The van der Waals surface area contributed by atoms with Crippen LogP contribution in [-0.2, 0) is 9.53 Å². The summed E-state index contributed by atoms with van der Waals surface area (Å²) >= 11 is 2.92. The van der Waals surface area contributed by atoms with Crippen LogP contribution in [0.4, 0.5) is 10.8 Å². The first-order valence-electron chi connectivity index (χ1n) is 9.26. The summed E-state index contributed by atoms with van der Waals surface area (Å²) in [6.45, 7) is 3.18. The van der Waals surface area contributed by atoms with Crippen molar-refractivity contribution in [2.24, 2.45) is 0 Å². The second-order valence-electron chi connectivity index (χ2n) is 6.56.